The maximum Gasteiger partial charge on any atom is 0.203 e. The molecule has 1 saturated carbocycles. The van der Waals surface area contributed by atoms with E-state index in [0.29, 0.717) is 6.04 Å². The summed E-state index contributed by atoms with van der Waals surface area (Å²) in [6.07, 6.45) is 9.30. The summed E-state index contributed by atoms with van der Waals surface area (Å²) in [5.41, 5.74) is 1.07. The van der Waals surface area contributed by atoms with Crippen LogP contribution in [0.15, 0.2) is 18.9 Å². The fraction of sp³-hybridized carbons (Fsp3) is 0.643. The first-order valence-electron chi connectivity index (χ1n) is 6.62. The maximum absolute atomic E-state index is 4.56. The summed E-state index contributed by atoms with van der Waals surface area (Å²) in [7, 11) is 0. The largest absolute Gasteiger partial charge is 0.353 e. The number of nitrogens with zero attached hydrogens (tertiary/aromatic N) is 2. The first kappa shape index (κ1) is 12.2. The summed E-state index contributed by atoms with van der Waals surface area (Å²) >= 11 is 0. The summed E-state index contributed by atoms with van der Waals surface area (Å²) in [5, 5.41) is 3.61. The fourth-order valence-electron chi connectivity index (χ4n) is 2.64. The monoisotopic (exact) mass is 233 g/mol. The zero-order valence-corrected chi connectivity index (χ0v) is 10.9. The number of hydrogen-bond acceptors (Lipinski definition) is 2. The number of aromatic nitrogens is 2. The Bertz CT molecular complexity index is 381. The third kappa shape index (κ3) is 2.90. The molecule has 0 radical (unpaired) electrons. The third-order valence-corrected chi connectivity index (χ3v) is 3.65. The molecular weight excluding hydrogens is 210 g/mol. The second-order valence-corrected chi connectivity index (χ2v) is 5.16. The Morgan fingerprint density at radius 3 is 3.00 bits per heavy atom. The van der Waals surface area contributed by atoms with Crippen LogP contribution in [-0.4, -0.2) is 15.6 Å². The molecule has 1 aliphatic rings. The zero-order chi connectivity index (χ0) is 12.3. The van der Waals surface area contributed by atoms with Crippen molar-refractivity contribution >= 4 is 5.95 Å². The van der Waals surface area contributed by atoms with Crippen LogP contribution in [-0.2, 0) is 6.54 Å². The van der Waals surface area contributed by atoms with E-state index in [2.05, 4.69) is 34.6 Å². The summed E-state index contributed by atoms with van der Waals surface area (Å²) in [4.78, 5) is 4.56. The van der Waals surface area contributed by atoms with E-state index >= 15 is 0 Å². The van der Waals surface area contributed by atoms with Gasteiger partial charge in [0, 0.05) is 18.8 Å². The van der Waals surface area contributed by atoms with Crippen molar-refractivity contribution in [2.24, 2.45) is 5.92 Å². The number of allylic oxidation sites excluding steroid dienone is 1. The molecular formula is C14H23N3. The second-order valence-electron chi connectivity index (χ2n) is 5.16. The molecule has 94 valence electrons. The highest BCUT2D eigenvalue weighted by molar-refractivity contribution is 5.31. The highest BCUT2D eigenvalue weighted by Gasteiger charge is 2.22. The minimum Gasteiger partial charge on any atom is -0.353 e. The Kier molecular flexibility index (Phi) is 3.87. The molecule has 1 aromatic heterocycles. The number of rotatable bonds is 4. The normalized spacial score (nSPS) is 24.6. The van der Waals surface area contributed by atoms with Crippen molar-refractivity contribution in [2.45, 2.75) is 52.1 Å². The Morgan fingerprint density at radius 1 is 1.53 bits per heavy atom. The van der Waals surface area contributed by atoms with E-state index in [-0.39, 0.29) is 0 Å². The molecule has 1 aliphatic carbocycles. The van der Waals surface area contributed by atoms with E-state index in [1.54, 1.807) is 0 Å². The van der Waals surface area contributed by atoms with Gasteiger partial charge in [-0.25, -0.2) is 4.98 Å². The molecule has 1 aromatic rings. The lowest BCUT2D eigenvalue weighted by Crippen LogP contribution is -2.31. The highest BCUT2D eigenvalue weighted by atomic mass is 15.2. The molecule has 0 aromatic carbocycles. The standard InChI is InChI=1S/C14H23N3/c1-4-9-17-10-12(3)15-14(17)16-13-8-6-5-7-11(13)2/h4,10-11,13H,1,5-9H2,2-3H3,(H,15,16). The molecule has 3 nitrogen and oxygen atoms in total. The Morgan fingerprint density at radius 2 is 2.29 bits per heavy atom. The smallest absolute Gasteiger partial charge is 0.203 e. The molecule has 1 fully saturated rings. The lowest BCUT2D eigenvalue weighted by molar-refractivity contribution is 0.347. The van der Waals surface area contributed by atoms with Gasteiger partial charge in [0.05, 0.1) is 5.69 Å². The zero-order valence-electron chi connectivity index (χ0n) is 10.9. The first-order valence-corrected chi connectivity index (χ1v) is 6.62. The van der Waals surface area contributed by atoms with Crippen LogP contribution in [0.2, 0.25) is 0 Å². The van der Waals surface area contributed by atoms with Crippen LogP contribution in [0.3, 0.4) is 0 Å². The van der Waals surface area contributed by atoms with Gasteiger partial charge in [-0.15, -0.1) is 6.58 Å². The van der Waals surface area contributed by atoms with Crippen molar-refractivity contribution in [2.75, 3.05) is 5.32 Å². The Balaban J connectivity index is 2.08. The van der Waals surface area contributed by atoms with E-state index in [1.807, 2.05) is 13.0 Å². The van der Waals surface area contributed by atoms with Crippen molar-refractivity contribution in [3.8, 4) is 0 Å². The quantitative estimate of drug-likeness (QED) is 0.808. The van der Waals surface area contributed by atoms with Gasteiger partial charge in [-0.3, -0.25) is 0 Å². The van der Waals surface area contributed by atoms with Crippen LogP contribution in [0, 0.1) is 12.8 Å². The lowest BCUT2D eigenvalue weighted by Gasteiger charge is -2.30. The molecule has 2 unspecified atom stereocenters. The number of imidazole rings is 1. The van der Waals surface area contributed by atoms with Crippen LogP contribution < -0.4 is 5.32 Å². The van der Waals surface area contributed by atoms with Gasteiger partial charge in [0.1, 0.15) is 0 Å². The van der Waals surface area contributed by atoms with E-state index in [4.69, 9.17) is 0 Å². The van der Waals surface area contributed by atoms with Gasteiger partial charge in [-0.2, -0.15) is 0 Å². The fourth-order valence-corrected chi connectivity index (χ4v) is 2.64. The van der Waals surface area contributed by atoms with Gasteiger partial charge in [0.15, 0.2) is 0 Å². The predicted molar refractivity (Wildman–Crippen MR) is 72.2 cm³/mol. The molecule has 17 heavy (non-hydrogen) atoms. The molecule has 0 aliphatic heterocycles. The average molecular weight is 233 g/mol. The van der Waals surface area contributed by atoms with Crippen LogP contribution in [0.5, 0.6) is 0 Å². The van der Waals surface area contributed by atoms with E-state index < -0.39 is 0 Å². The number of anilines is 1. The van der Waals surface area contributed by atoms with Gasteiger partial charge in [0.2, 0.25) is 5.95 Å². The second kappa shape index (κ2) is 5.39. The summed E-state index contributed by atoms with van der Waals surface area (Å²) in [6, 6.07) is 0.578. The maximum atomic E-state index is 4.56. The van der Waals surface area contributed by atoms with Crippen molar-refractivity contribution in [3.63, 3.8) is 0 Å². The van der Waals surface area contributed by atoms with Gasteiger partial charge >= 0.3 is 0 Å². The number of hydrogen-bond donors (Lipinski definition) is 1. The first-order chi connectivity index (χ1) is 8.20. The molecule has 2 atom stereocenters. The van der Waals surface area contributed by atoms with Crippen molar-refractivity contribution in [1.29, 1.82) is 0 Å². The van der Waals surface area contributed by atoms with E-state index in [9.17, 15) is 0 Å². The molecule has 1 heterocycles. The molecule has 1 N–H and O–H groups in total. The van der Waals surface area contributed by atoms with E-state index in [1.165, 1.54) is 25.7 Å². The van der Waals surface area contributed by atoms with Crippen molar-refractivity contribution < 1.29 is 0 Å². The third-order valence-electron chi connectivity index (χ3n) is 3.65. The van der Waals surface area contributed by atoms with Gasteiger partial charge in [-0.1, -0.05) is 25.8 Å². The average Bonchev–Trinajstić information content (AvgIpc) is 2.63. The molecule has 3 heteroatoms. The van der Waals surface area contributed by atoms with Crippen molar-refractivity contribution in [3.05, 3.63) is 24.5 Å². The number of nitrogens with one attached hydrogen (secondary N) is 1. The topological polar surface area (TPSA) is 29.9 Å². The van der Waals surface area contributed by atoms with Gasteiger partial charge < -0.3 is 9.88 Å². The lowest BCUT2D eigenvalue weighted by atomic mass is 9.86. The van der Waals surface area contributed by atoms with Crippen LogP contribution in [0.25, 0.3) is 0 Å². The molecule has 0 amide bonds. The highest BCUT2D eigenvalue weighted by Crippen LogP contribution is 2.26. The summed E-state index contributed by atoms with van der Waals surface area (Å²) in [5.74, 6) is 1.75. The van der Waals surface area contributed by atoms with Crippen LogP contribution in [0.1, 0.15) is 38.3 Å². The molecule has 0 saturated heterocycles. The van der Waals surface area contributed by atoms with Crippen LogP contribution in [0.4, 0.5) is 5.95 Å². The summed E-state index contributed by atoms with van der Waals surface area (Å²) < 4.78 is 2.14. The van der Waals surface area contributed by atoms with Gasteiger partial charge in [0.25, 0.3) is 0 Å². The minimum absolute atomic E-state index is 0.578. The molecule has 0 spiro atoms. The van der Waals surface area contributed by atoms with Gasteiger partial charge in [-0.05, 0) is 25.7 Å². The Labute approximate surface area is 104 Å². The number of aryl methyl sites for hydroxylation is 1. The summed E-state index contributed by atoms with van der Waals surface area (Å²) in [6.45, 7) is 8.99. The predicted octanol–water partition coefficient (Wildman–Crippen LogP) is 3.37. The molecule has 0 bridgehead atoms. The minimum atomic E-state index is 0.578. The molecule has 2 rings (SSSR count). The van der Waals surface area contributed by atoms with E-state index in [0.717, 1.165) is 24.1 Å². The SMILES string of the molecule is C=CCn1cc(C)nc1NC1CCCCC1C. The van der Waals surface area contributed by atoms with Crippen molar-refractivity contribution in [1.82, 2.24) is 9.55 Å². The Hall–Kier alpha value is -1.25. The van der Waals surface area contributed by atoms with Crippen LogP contribution >= 0.6 is 0 Å².